The SMILES string of the molecule is Cc1nc([C@@H](C)NC2CCCCC2)n[nH]1. The molecule has 1 heterocycles. The van der Waals surface area contributed by atoms with Crippen LogP contribution >= 0.6 is 0 Å². The van der Waals surface area contributed by atoms with Gasteiger partial charge in [0.05, 0.1) is 6.04 Å². The lowest BCUT2D eigenvalue weighted by Crippen LogP contribution is -2.33. The van der Waals surface area contributed by atoms with Gasteiger partial charge in [0, 0.05) is 6.04 Å². The van der Waals surface area contributed by atoms with Crippen molar-refractivity contribution >= 4 is 0 Å². The molecule has 1 aliphatic rings. The number of hydrogen-bond donors (Lipinski definition) is 2. The normalized spacial score (nSPS) is 20.4. The zero-order chi connectivity index (χ0) is 10.7. The predicted octanol–water partition coefficient (Wildman–Crippen LogP) is 2.10. The molecular formula is C11H20N4. The van der Waals surface area contributed by atoms with Crippen LogP contribution in [0.5, 0.6) is 0 Å². The molecule has 1 aliphatic carbocycles. The fourth-order valence-corrected chi connectivity index (χ4v) is 2.25. The molecule has 0 spiro atoms. The summed E-state index contributed by atoms with van der Waals surface area (Å²) >= 11 is 0. The van der Waals surface area contributed by atoms with Gasteiger partial charge in [-0.25, -0.2) is 4.98 Å². The van der Waals surface area contributed by atoms with E-state index in [4.69, 9.17) is 0 Å². The van der Waals surface area contributed by atoms with Gasteiger partial charge in [0.2, 0.25) is 0 Å². The van der Waals surface area contributed by atoms with Gasteiger partial charge in [0.1, 0.15) is 5.82 Å². The van der Waals surface area contributed by atoms with E-state index in [1.54, 1.807) is 0 Å². The third kappa shape index (κ3) is 2.78. The number of rotatable bonds is 3. The Bertz CT molecular complexity index is 301. The Labute approximate surface area is 90.9 Å². The van der Waals surface area contributed by atoms with E-state index >= 15 is 0 Å². The number of H-pyrrole nitrogens is 1. The predicted molar refractivity (Wildman–Crippen MR) is 59.5 cm³/mol. The van der Waals surface area contributed by atoms with Crippen LogP contribution in [-0.4, -0.2) is 21.2 Å². The first-order chi connectivity index (χ1) is 7.25. The van der Waals surface area contributed by atoms with E-state index in [2.05, 4.69) is 27.4 Å². The Morgan fingerprint density at radius 1 is 1.33 bits per heavy atom. The zero-order valence-electron chi connectivity index (χ0n) is 9.58. The summed E-state index contributed by atoms with van der Waals surface area (Å²) in [5.41, 5.74) is 0. The molecule has 15 heavy (non-hydrogen) atoms. The van der Waals surface area contributed by atoms with Crippen LogP contribution in [0.1, 0.15) is 56.7 Å². The Morgan fingerprint density at radius 3 is 2.67 bits per heavy atom. The van der Waals surface area contributed by atoms with Gasteiger partial charge in [0.25, 0.3) is 0 Å². The highest BCUT2D eigenvalue weighted by atomic mass is 15.2. The van der Waals surface area contributed by atoms with E-state index < -0.39 is 0 Å². The molecule has 0 saturated heterocycles. The lowest BCUT2D eigenvalue weighted by Gasteiger charge is -2.25. The van der Waals surface area contributed by atoms with Gasteiger partial charge in [-0.05, 0) is 26.7 Å². The first-order valence-corrected chi connectivity index (χ1v) is 5.90. The average Bonchev–Trinajstić information content (AvgIpc) is 2.66. The molecule has 0 aromatic carbocycles. The summed E-state index contributed by atoms with van der Waals surface area (Å²) in [6.07, 6.45) is 6.71. The van der Waals surface area contributed by atoms with Crippen LogP contribution in [0.15, 0.2) is 0 Å². The van der Waals surface area contributed by atoms with Crippen molar-refractivity contribution in [1.29, 1.82) is 0 Å². The second-order valence-electron chi connectivity index (χ2n) is 4.50. The van der Waals surface area contributed by atoms with Gasteiger partial charge in [-0.15, -0.1) is 0 Å². The van der Waals surface area contributed by atoms with Crippen LogP contribution < -0.4 is 5.32 Å². The second-order valence-corrected chi connectivity index (χ2v) is 4.50. The number of aromatic nitrogens is 3. The van der Waals surface area contributed by atoms with Crippen LogP contribution in [0.3, 0.4) is 0 Å². The van der Waals surface area contributed by atoms with Crippen molar-refractivity contribution in [3.63, 3.8) is 0 Å². The summed E-state index contributed by atoms with van der Waals surface area (Å²) in [4.78, 5) is 4.35. The minimum absolute atomic E-state index is 0.262. The first-order valence-electron chi connectivity index (χ1n) is 5.90. The molecule has 2 rings (SSSR count). The topological polar surface area (TPSA) is 53.6 Å². The van der Waals surface area contributed by atoms with E-state index in [1.165, 1.54) is 32.1 Å². The van der Waals surface area contributed by atoms with Crippen LogP contribution in [0.4, 0.5) is 0 Å². The lowest BCUT2D eigenvalue weighted by molar-refractivity contribution is 0.342. The third-order valence-corrected chi connectivity index (χ3v) is 3.09. The van der Waals surface area contributed by atoms with E-state index in [0.717, 1.165) is 11.6 Å². The fourth-order valence-electron chi connectivity index (χ4n) is 2.25. The molecule has 0 aliphatic heterocycles. The molecule has 4 nitrogen and oxygen atoms in total. The molecule has 0 unspecified atom stereocenters. The maximum atomic E-state index is 4.35. The first kappa shape index (κ1) is 10.6. The van der Waals surface area contributed by atoms with Crippen molar-refractivity contribution in [3.05, 3.63) is 11.6 Å². The highest BCUT2D eigenvalue weighted by Gasteiger charge is 2.18. The molecule has 1 saturated carbocycles. The molecule has 2 N–H and O–H groups in total. The molecule has 0 bridgehead atoms. The van der Waals surface area contributed by atoms with E-state index in [1.807, 2.05) is 6.92 Å². The van der Waals surface area contributed by atoms with Crippen molar-refractivity contribution in [2.24, 2.45) is 0 Å². The van der Waals surface area contributed by atoms with Gasteiger partial charge in [-0.1, -0.05) is 19.3 Å². The number of nitrogens with one attached hydrogen (secondary N) is 2. The highest BCUT2D eigenvalue weighted by Crippen LogP contribution is 2.20. The maximum Gasteiger partial charge on any atom is 0.167 e. The summed E-state index contributed by atoms with van der Waals surface area (Å²) < 4.78 is 0. The van der Waals surface area contributed by atoms with E-state index in [-0.39, 0.29) is 6.04 Å². The van der Waals surface area contributed by atoms with Gasteiger partial charge >= 0.3 is 0 Å². The number of hydrogen-bond acceptors (Lipinski definition) is 3. The van der Waals surface area contributed by atoms with Crippen molar-refractivity contribution in [2.45, 2.75) is 58.0 Å². The van der Waals surface area contributed by atoms with Crippen LogP contribution in [-0.2, 0) is 0 Å². The Morgan fingerprint density at radius 2 is 2.07 bits per heavy atom. The fraction of sp³-hybridized carbons (Fsp3) is 0.818. The van der Waals surface area contributed by atoms with Crippen molar-refractivity contribution in [1.82, 2.24) is 20.5 Å². The molecular weight excluding hydrogens is 188 g/mol. The Kier molecular flexibility index (Phi) is 3.36. The van der Waals surface area contributed by atoms with E-state index in [0.29, 0.717) is 6.04 Å². The lowest BCUT2D eigenvalue weighted by atomic mass is 9.95. The zero-order valence-corrected chi connectivity index (χ0v) is 9.58. The summed E-state index contributed by atoms with van der Waals surface area (Å²) in [6.45, 7) is 4.07. The van der Waals surface area contributed by atoms with Crippen molar-refractivity contribution in [3.8, 4) is 0 Å². The summed E-state index contributed by atoms with van der Waals surface area (Å²) in [5.74, 6) is 1.78. The largest absolute Gasteiger partial charge is 0.305 e. The monoisotopic (exact) mass is 208 g/mol. The summed E-state index contributed by atoms with van der Waals surface area (Å²) in [6, 6.07) is 0.922. The standard InChI is InChI=1S/C11H20N4/c1-8(11-13-9(2)14-15-11)12-10-6-4-3-5-7-10/h8,10,12H,3-7H2,1-2H3,(H,13,14,15)/t8-/m1/s1. The van der Waals surface area contributed by atoms with Crippen LogP contribution in [0.2, 0.25) is 0 Å². The second kappa shape index (κ2) is 4.75. The Hall–Kier alpha value is -0.900. The smallest absolute Gasteiger partial charge is 0.167 e. The third-order valence-electron chi connectivity index (χ3n) is 3.09. The number of aryl methyl sites for hydroxylation is 1. The average molecular weight is 208 g/mol. The van der Waals surface area contributed by atoms with Gasteiger partial charge in [-0.3, -0.25) is 5.10 Å². The molecule has 0 radical (unpaired) electrons. The van der Waals surface area contributed by atoms with E-state index in [9.17, 15) is 0 Å². The molecule has 1 atom stereocenters. The summed E-state index contributed by atoms with van der Waals surface area (Å²) in [5, 5.41) is 10.7. The van der Waals surface area contributed by atoms with Crippen LogP contribution in [0.25, 0.3) is 0 Å². The maximum absolute atomic E-state index is 4.35. The quantitative estimate of drug-likeness (QED) is 0.799. The Balaban J connectivity index is 1.88. The van der Waals surface area contributed by atoms with Gasteiger partial charge in [-0.2, -0.15) is 5.10 Å². The summed E-state index contributed by atoms with van der Waals surface area (Å²) in [7, 11) is 0. The highest BCUT2D eigenvalue weighted by molar-refractivity contribution is 4.94. The minimum atomic E-state index is 0.262. The minimum Gasteiger partial charge on any atom is -0.305 e. The van der Waals surface area contributed by atoms with Crippen molar-refractivity contribution in [2.75, 3.05) is 0 Å². The molecule has 1 fully saturated rings. The number of aromatic amines is 1. The molecule has 84 valence electrons. The van der Waals surface area contributed by atoms with Gasteiger partial charge in [0.15, 0.2) is 5.82 Å². The van der Waals surface area contributed by atoms with Crippen LogP contribution in [0, 0.1) is 6.92 Å². The molecule has 4 heteroatoms. The van der Waals surface area contributed by atoms with Gasteiger partial charge < -0.3 is 5.32 Å². The van der Waals surface area contributed by atoms with Crippen molar-refractivity contribution < 1.29 is 0 Å². The molecule has 1 aromatic heterocycles. The molecule has 0 amide bonds. The molecule has 1 aromatic rings. The number of nitrogens with zero attached hydrogens (tertiary/aromatic N) is 2.